The van der Waals surface area contributed by atoms with Crippen molar-refractivity contribution in [1.29, 1.82) is 0 Å². The maximum absolute atomic E-state index is 5.42. The number of ether oxygens (including phenoxy) is 1. The van der Waals surface area contributed by atoms with Gasteiger partial charge in [-0.15, -0.1) is 0 Å². The number of nitrogens with zero attached hydrogens (tertiary/aromatic N) is 3. The lowest BCUT2D eigenvalue weighted by molar-refractivity contribution is 0.122. The Morgan fingerprint density at radius 3 is 2.58 bits per heavy atom. The third-order valence-corrected chi connectivity index (χ3v) is 4.75. The van der Waals surface area contributed by atoms with E-state index in [0.29, 0.717) is 5.92 Å². The monoisotopic (exact) mass is 324 g/mol. The van der Waals surface area contributed by atoms with E-state index in [2.05, 4.69) is 51.4 Å². The fourth-order valence-corrected chi connectivity index (χ4v) is 3.09. The molecular weight excluding hydrogens is 300 g/mol. The first-order valence-electron chi connectivity index (χ1n) is 8.82. The van der Waals surface area contributed by atoms with E-state index in [-0.39, 0.29) is 6.04 Å². The first kappa shape index (κ1) is 15.4. The van der Waals surface area contributed by atoms with Crippen LogP contribution in [0.4, 0.5) is 11.5 Å². The highest BCUT2D eigenvalue weighted by molar-refractivity contribution is 5.49. The topological polar surface area (TPSA) is 50.3 Å². The average Bonchev–Trinajstić information content (AvgIpc) is 3.48. The van der Waals surface area contributed by atoms with E-state index in [9.17, 15) is 0 Å². The Hall–Kier alpha value is -2.14. The minimum atomic E-state index is 0.214. The molecule has 1 aliphatic heterocycles. The molecule has 1 atom stereocenters. The van der Waals surface area contributed by atoms with Crippen molar-refractivity contribution in [3.8, 4) is 0 Å². The second-order valence-corrected chi connectivity index (χ2v) is 6.63. The van der Waals surface area contributed by atoms with Gasteiger partial charge in [-0.2, -0.15) is 0 Å². The summed E-state index contributed by atoms with van der Waals surface area (Å²) in [6.45, 7) is 5.74. The summed E-state index contributed by atoms with van der Waals surface area (Å²) >= 11 is 0. The minimum absolute atomic E-state index is 0.214. The Balaban J connectivity index is 1.42. The second kappa shape index (κ2) is 6.77. The minimum Gasteiger partial charge on any atom is -0.378 e. The van der Waals surface area contributed by atoms with Gasteiger partial charge >= 0.3 is 0 Å². The number of aromatic nitrogens is 2. The van der Waals surface area contributed by atoms with Crippen molar-refractivity contribution in [3.05, 3.63) is 47.9 Å². The van der Waals surface area contributed by atoms with Crippen molar-refractivity contribution in [2.75, 3.05) is 36.5 Å². The molecule has 1 aromatic carbocycles. The molecule has 0 bridgehead atoms. The zero-order chi connectivity index (χ0) is 16.4. The quantitative estimate of drug-likeness (QED) is 0.914. The highest BCUT2D eigenvalue weighted by atomic mass is 16.5. The Labute approximate surface area is 143 Å². The zero-order valence-corrected chi connectivity index (χ0v) is 14.1. The molecule has 0 radical (unpaired) electrons. The molecule has 1 saturated heterocycles. The van der Waals surface area contributed by atoms with Gasteiger partial charge in [-0.1, -0.05) is 12.1 Å². The molecule has 1 unspecified atom stereocenters. The Morgan fingerprint density at radius 1 is 1.12 bits per heavy atom. The molecule has 126 valence electrons. The number of anilines is 2. The van der Waals surface area contributed by atoms with Crippen LogP contribution < -0.4 is 10.2 Å². The van der Waals surface area contributed by atoms with Gasteiger partial charge in [-0.25, -0.2) is 9.97 Å². The van der Waals surface area contributed by atoms with Gasteiger partial charge in [0.25, 0.3) is 0 Å². The van der Waals surface area contributed by atoms with E-state index in [1.807, 2.05) is 12.3 Å². The van der Waals surface area contributed by atoms with E-state index >= 15 is 0 Å². The van der Waals surface area contributed by atoms with E-state index in [0.717, 1.165) is 37.9 Å². The first-order valence-corrected chi connectivity index (χ1v) is 8.82. The van der Waals surface area contributed by atoms with Gasteiger partial charge in [0.2, 0.25) is 0 Å². The van der Waals surface area contributed by atoms with Crippen molar-refractivity contribution >= 4 is 11.5 Å². The summed E-state index contributed by atoms with van der Waals surface area (Å²) in [4.78, 5) is 11.4. The fraction of sp³-hybridized carbons (Fsp3) is 0.474. The third-order valence-electron chi connectivity index (χ3n) is 4.75. The van der Waals surface area contributed by atoms with Gasteiger partial charge in [-0.3, -0.25) is 0 Å². The molecule has 2 aliphatic rings. The maximum atomic E-state index is 5.42. The molecule has 1 aliphatic carbocycles. The number of hydrogen-bond acceptors (Lipinski definition) is 5. The fourth-order valence-electron chi connectivity index (χ4n) is 3.09. The van der Waals surface area contributed by atoms with Gasteiger partial charge in [-0.05, 0) is 43.5 Å². The van der Waals surface area contributed by atoms with E-state index < -0.39 is 0 Å². The molecule has 2 aromatic rings. The van der Waals surface area contributed by atoms with Crippen molar-refractivity contribution < 1.29 is 4.74 Å². The van der Waals surface area contributed by atoms with Crippen LogP contribution in [0, 0.1) is 0 Å². The average molecular weight is 324 g/mol. The summed E-state index contributed by atoms with van der Waals surface area (Å²) in [6.07, 6.45) is 4.31. The van der Waals surface area contributed by atoms with Crippen LogP contribution in [-0.2, 0) is 4.74 Å². The normalized spacial score (nSPS) is 19.1. The maximum Gasteiger partial charge on any atom is 0.133 e. The van der Waals surface area contributed by atoms with Crippen LogP contribution in [-0.4, -0.2) is 36.3 Å². The third kappa shape index (κ3) is 3.51. The molecule has 0 amide bonds. The molecule has 1 saturated carbocycles. The highest BCUT2D eigenvalue weighted by Crippen LogP contribution is 2.38. The number of morpholine rings is 1. The molecule has 0 spiro atoms. The van der Waals surface area contributed by atoms with Crippen LogP contribution in [0.5, 0.6) is 0 Å². The van der Waals surface area contributed by atoms with Crippen LogP contribution in [0.1, 0.15) is 43.1 Å². The van der Waals surface area contributed by atoms with Crippen molar-refractivity contribution in [3.63, 3.8) is 0 Å². The molecule has 2 fully saturated rings. The van der Waals surface area contributed by atoms with Gasteiger partial charge in [0.05, 0.1) is 13.2 Å². The van der Waals surface area contributed by atoms with Crippen LogP contribution >= 0.6 is 0 Å². The predicted octanol–water partition coefficient (Wildman–Crippen LogP) is 3.36. The standard InChI is InChI=1S/C19H24N4O/c1-14(21-18-8-9-20-19(22-18)16-2-3-16)15-4-6-17(7-5-15)23-10-12-24-13-11-23/h4-9,14,16H,2-3,10-13H2,1H3,(H,20,21,22). The van der Waals surface area contributed by atoms with Crippen LogP contribution in [0.3, 0.4) is 0 Å². The molecule has 1 N–H and O–H groups in total. The Morgan fingerprint density at radius 2 is 1.88 bits per heavy atom. The zero-order valence-electron chi connectivity index (χ0n) is 14.1. The van der Waals surface area contributed by atoms with Crippen molar-refractivity contribution in [1.82, 2.24) is 9.97 Å². The highest BCUT2D eigenvalue weighted by Gasteiger charge is 2.26. The Kier molecular flexibility index (Phi) is 4.34. The number of nitrogens with one attached hydrogen (secondary N) is 1. The predicted molar refractivity (Wildman–Crippen MR) is 95.5 cm³/mol. The Bertz CT molecular complexity index is 678. The summed E-state index contributed by atoms with van der Waals surface area (Å²) in [7, 11) is 0. The van der Waals surface area contributed by atoms with Crippen molar-refractivity contribution in [2.45, 2.75) is 31.7 Å². The van der Waals surface area contributed by atoms with Crippen LogP contribution in [0.15, 0.2) is 36.5 Å². The number of benzene rings is 1. The largest absolute Gasteiger partial charge is 0.378 e. The van der Waals surface area contributed by atoms with Gasteiger partial charge in [0.15, 0.2) is 0 Å². The lowest BCUT2D eigenvalue weighted by Gasteiger charge is -2.29. The molecule has 5 nitrogen and oxygen atoms in total. The molecule has 1 aromatic heterocycles. The molecule has 2 heterocycles. The summed E-state index contributed by atoms with van der Waals surface area (Å²) in [5, 5.41) is 3.50. The van der Waals surface area contributed by atoms with Crippen molar-refractivity contribution in [2.24, 2.45) is 0 Å². The number of rotatable bonds is 5. The summed E-state index contributed by atoms with van der Waals surface area (Å²) in [5.41, 5.74) is 2.53. The lowest BCUT2D eigenvalue weighted by Crippen LogP contribution is -2.36. The number of hydrogen-bond donors (Lipinski definition) is 1. The second-order valence-electron chi connectivity index (χ2n) is 6.63. The van der Waals surface area contributed by atoms with Gasteiger partial charge < -0.3 is 15.0 Å². The van der Waals surface area contributed by atoms with Crippen LogP contribution in [0.25, 0.3) is 0 Å². The first-order chi connectivity index (χ1) is 11.8. The summed E-state index contributed by atoms with van der Waals surface area (Å²) in [6, 6.07) is 11.0. The smallest absolute Gasteiger partial charge is 0.133 e. The van der Waals surface area contributed by atoms with E-state index in [1.54, 1.807) is 0 Å². The summed E-state index contributed by atoms with van der Waals surface area (Å²) in [5.74, 6) is 2.47. The van der Waals surface area contributed by atoms with Gasteiger partial charge in [0, 0.05) is 36.9 Å². The molecule has 5 heteroatoms. The van der Waals surface area contributed by atoms with E-state index in [1.165, 1.54) is 24.1 Å². The molecular formula is C19H24N4O. The van der Waals surface area contributed by atoms with E-state index in [4.69, 9.17) is 4.74 Å². The van der Waals surface area contributed by atoms with Gasteiger partial charge in [0.1, 0.15) is 11.6 Å². The molecule has 24 heavy (non-hydrogen) atoms. The summed E-state index contributed by atoms with van der Waals surface area (Å²) < 4.78 is 5.42. The SMILES string of the molecule is CC(Nc1ccnc(C2CC2)n1)c1ccc(N2CCOCC2)cc1. The molecule has 4 rings (SSSR count). The van der Waals surface area contributed by atoms with Crippen LogP contribution in [0.2, 0.25) is 0 Å². The lowest BCUT2D eigenvalue weighted by atomic mass is 10.1.